The fraction of sp³-hybridized carbons (Fsp3) is 0.353. The Bertz CT molecular complexity index is 728. The highest BCUT2D eigenvalue weighted by Crippen LogP contribution is 2.27. The van der Waals surface area contributed by atoms with Crippen LogP contribution in [0, 0.1) is 0 Å². The van der Waals surface area contributed by atoms with Gasteiger partial charge < -0.3 is 10.3 Å². The molecule has 0 spiro atoms. The fourth-order valence-electron chi connectivity index (χ4n) is 2.87. The average molecular weight is 299 g/mol. The Balaban J connectivity index is 2.03. The van der Waals surface area contributed by atoms with Gasteiger partial charge in [-0.05, 0) is 43.0 Å². The van der Waals surface area contributed by atoms with Crippen LogP contribution in [-0.2, 0) is 12.8 Å². The third-order valence-electron chi connectivity index (χ3n) is 3.78. The van der Waals surface area contributed by atoms with Gasteiger partial charge in [0.1, 0.15) is 5.82 Å². The topological polar surface area (TPSA) is 43.8 Å². The van der Waals surface area contributed by atoms with Gasteiger partial charge in [-0.15, -0.1) is 11.3 Å². The van der Waals surface area contributed by atoms with Crippen LogP contribution in [0.15, 0.2) is 35.7 Å². The van der Waals surface area contributed by atoms with E-state index in [9.17, 15) is 0 Å². The average Bonchev–Trinajstić information content (AvgIpc) is 3.05. The van der Waals surface area contributed by atoms with Crippen LogP contribution in [0.4, 0.5) is 5.69 Å². The predicted octanol–water partition coefficient (Wildman–Crippen LogP) is 4.44. The number of hydrogen-bond acceptors (Lipinski definition) is 3. The van der Waals surface area contributed by atoms with Gasteiger partial charge in [0.2, 0.25) is 0 Å². The van der Waals surface area contributed by atoms with Gasteiger partial charge in [0.25, 0.3) is 0 Å². The van der Waals surface area contributed by atoms with E-state index in [1.54, 1.807) is 0 Å². The Hall–Kier alpha value is -1.81. The molecule has 0 aliphatic rings. The zero-order chi connectivity index (χ0) is 14.8. The first-order valence-corrected chi connectivity index (χ1v) is 8.35. The minimum Gasteiger partial charge on any atom is -0.399 e. The summed E-state index contributed by atoms with van der Waals surface area (Å²) in [5.41, 5.74) is 8.88. The minimum absolute atomic E-state index is 0.402. The van der Waals surface area contributed by atoms with Crippen molar-refractivity contribution in [1.29, 1.82) is 0 Å². The number of imidazole rings is 1. The Kier molecular flexibility index (Phi) is 3.97. The second-order valence-electron chi connectivity index (χ2n) is 5.53. The van der Waals surface area contributed by atoms with Crippen molar-refractivity contribution in [3.63, 3.8) is 0 Å². The van der Waals surface area contributed by atoms with E-state index in [0.717, 1.165) is 30.5 Å². The van der Waals surface area contributed by atoms with E-state index < -0.39 is 0 Å². The number of aromatic nitrogens is 2. The molecule has 0 fully saturated rings. The molecule has 1 aromatic carbocycles. The molecular weight excluding hydrogens is 278 g/mol. The van der Waals surface area contributed by atoms with E-state index in [2.05, 4.69) is 42.0 Å². The SMILES string of the molecule is CCCc1nc2cc(N)ccc2n1C(C)Cc1cccs1. The van der Waals surface area contributed by atoms with Crippen molar-refractivity contribution < 1.29 is 0 Å². The highest BCUT2D eigenvalue weighted by molar-refractivity contribution is 7.09. The largest absolute Gasteiger partial charge is 0.399 e. The number of rotatable bonds is 5. The lowest BCUT2D eigenvalue weighted by Crippen LogP contribution is -2.11. The monoisotopic (exact) mass is 299 g/mol. The predicted molar refractivity (Wildman–Crippen MR) is 90.9 cm³/mol. The molecule has 2 heterocycles. The van der Waals surface area contributed by atoms with Crippen LogP contribution < -0.4 is 5.73 Å². The second kappa shape index (κ2) is 5.90. The van der Waals surface area contributed by atoms with Crippen molar-refractivity contribution in [3.05, 3.63) is 46.4 Å². The van der Waals surface area contributed by atoms with Crippen molar-refractivity contribution in [1.82, 2.24) is 9.55 Å². The maximum absolute atomic E-state index is 5.90. The number of aryl methyl sites for hydroxylation is 1. The molecule has 4 heteroatoms. The number of nitrogens with zero attached hydrogens (tertiary/aromatic N) is 2. The molecule has 0 bridgehead atoms. The summed E-state index contributed by atoms with van der Waals surface area (Å²) in [6.07, 6.45) is 3.15. The van der Waals surface area contributed by atoms with Crippen LogP contribution in [0.2, 0.25) is 0 Å². The summed E-state index contributed by atoms with van der Waals surface area (Å²) in [5.74, 6) is 1.17. The molecule has 110 valence electrons. The summed E-state index contributed by atoms with van der Waals surface area (Å²) in [6, 6.07) is 10.8. The summed E-state index contributed by atoms with van der Waals surface area (Å²) in [4.78, 5) is 6.22. The van der Waals surface area contributed by atoms with Gasteiger partial charge in [-0.1, -0.05) is 13.0 Å². The van der Waals surface area contributed by atoms with Gasteiger partial charge in [0, 0.05) is 29.4 Å². The van der Waals surface area contributed by atoms with E-state index in [0.29, 0.717) is 6.04 Å². The zero-order valence-electron chi connectivity index (χ0n) is 12.5. The van der Waals surface area contributed by atoms with Crippen LogP contribution in [0.1, 0.15) is 37.0 Å². The fourth-order valence-corrected chi connectivity index (χ4v) is 3.70. The molecule has 0 amide bonds. The first-order valence-electron chi connectivity index (χ1n) is 7.47. The first kappa shape index (κ1) is 14.1. The molecule has 0 aliphatic carbocycles. The molecular formula is C17H21N3S. The molecule has 3 nitrogen and oxygen atoms in total. The van der Waals surface area contributed by atoms with Gasteiger partial charge in [-0.2, -0.15) is 0 Å². The quantitative estimate of drug-likeness (QED) is 0.708. The van der Waals surface area contributed by atoms with E-state index in [4.69, 9.17) is 10.7 Å². The first-order chi connectivity index (χ1) is 10.2. The smallest absolute Gasteiger partial charge is 0.110 e. The number of anilines is 1. The lowest BCUT2D eigenvalue weighted by atomic mass is 10.2. The lowest BCUT2D eigenvalue weighted by molar-refractivity contribution is 0.535. The Morgan fingerprint density at radius 3 is 2.90 bits per heavy atom. The van der Waals surface area contributed by atoms with Crippen LogP contribution >= 0.6 is 11.3 Å². The van der Waals surface area contributed by atoms with E-state index >= 15 is 0 Å². The summed E-state index contributed by atoms with van der Waals surface area (Å²) < 4.78 is 2.39. The lowest BCUT2D eigenvalue weighted by Gasteiger charge is -2.17. The van der Waals surface area contributed by atoms with Crippen molar-refractivity contribution >= 4 is 28.1 Å². The number of thiophene rings is 1. The Morgan fingerprint density at radius 1 is 1.33 bits per heavy atom. The molecule has 0 aliphatic heterocycles. The molecule has 3 rings (SSSR count). The maximum atomic E-state index is 5.90. The molecule has 2 N–H and O–H groups in total. The van der Waals surface area contributed by atoms with E-state index in [1.807, 2.05) is 23.5 Å². The highest BCUT2D eigenvalue weighted by atomic mass is 32.1. The molecule has 21 heavy (non-hydrogen) atoms. The number of nitrogens with two attached hydrogens (primary N) is 1. The minimum atomic E-state index is 0.402. The van der Waals surface area contributed by atoms with Crippen molar-refractivity contribution in [2.75, 3.05) is 5.73 Å². The summed E-state index contributed by atoms with van der Waals surface area (Å²) in [5, 5.41) is 2.14. The van der Waals surface area contributed by atoms with Crippen molar-refractivity contribution in [2.24, 2.45) is 0 Å². The van der Waals surface area contributed by atoms with Crippen molar-refractivity contribution in [3.8, 4) is 0 Å². The number of benzene rings is 1. The van der Waals surface area contributed by atoms with Crippen LogP contribution in [0.5, 0.6) is 0 Å². The Morgan fingerprint density at radius 2 is 2.19 bits per heavy atom. The third kappa shape index (κ3) is 2.81. The number of fused-ring (bicyclic) bond motifs is 1. The molecule has 1 atom stereocenters. The normalized spacial score (nSPS) is 12.9. The number of hydrogen-bond donors (Lipinski definition) is 1. The summed E-state index contributed by atoms with van der Waals surface area (Å²) in [6.45, 7) is 4.47. The molecule has 2 aromatic heterocycles. The summed E-state index contributed by atoms with van der Waals surface area (Å²) >= 11 is 1.82. The van der Waals surface area contributed by atoms with E-state index in [1.165, 1.54) is 16.2 Å². The third-order valence-corrected chi connectivity index (χ3v) is 4.68. The van der Waals surface area contributed by atoms with Gasteiger partial charge in [0.15, 0.2) is 0 Å². The maximum Gasteiger partial charge on any atom is 0.110 e. The van der Waals surface area contributed by atoms with Gasteiger partial charge in [-0.25, -0.2) is 4.98 Å². The molecule has 0 saturated carbocycles. The standard InChI is InChI=1S/C17H21N3S/c1-3-5-17-19-15-11-13(18)7-8-16(15)20(17)12(2)10-14-6-4-9-21-14/h4,6-9,11-12H,3,5,10,18H2,1-2H3. The molecule has 1 unspecified atom stereocenters. The van der Waals surface area contributed by atoms with Crippen LogP contribution in [-0.4, -0.2) is 9.55 Å². The van der Waals surface area contributed by atoms with Crippen LogP contribution in [0.25, 0.3) is 11.0 Å². The van der Waals surface area contributed by atoms with Gasteiger partial charge in [0.05, 0.1) is 11.0 Å². The molecule has 3 aromatic rings. The number of nitrogen functional groups attached to an aromatic ring is 1. The second-order valence-corrected chi connectivity index (χ2v) is 6.56. The van der Waals surface area contributed by atoms with Gasteiger partial charge in [-0.3, -0.25) is 0 Å². The highest BCUT2D eigenvalue weighted by Gasteiger charge is 2.16. The Labute approximate surface area is 129 Å². The zero-order valence-corrected chi connectivity index (χ0v) is 13.4. The summed E-state index contributed by atoms with van der Waals surface area (Å²) in [7, 11) is 0. The van der Waals surface area contributed by atoms with E-state index in [-0.39, 0.29) is 0 Å². The molecule has 0 radical (unpaired) electrons. The van der Waals surface area contributed by atoms with Crippen LogP contribution in [0.3, 0.4) is 0 Å². The molecule has 0 saturated heterocycles. The van der Waals surface area contributed by atoms with Crippen molar-refractivity contribution in [2.45, 2.75) is 39.2 Å². The van der Waals surface area contributed by atoms with Gasteiger partial charge >= 0.3 is 0 Å².